The summed E-state index contributed by atoms with van der Waals surface area (Å²) in [5.74, 6) is 0. The summed E-state index contributed by atoms with van der Waals surface area (Å²) in [4.78, 5) is 11.4. The molecule has 0 saturated carbocycles. The van der Waals surface area contributed by atoms with E-state index in [9.17, 15) is 20.4 Å². The number of aromatic nitrogens is 3. The van der Waals surface area contributed by atoms with Crippen LogP contribution < -0.4 is 16.0 Å². The van der Waals surface area contributed by atoms with Gasteiger partial charge in [-0.25, -0.2) is 0 Å². The van der Waals surface area contributed by atoms with Gasteiger partial charge in [-0.05, 0) is 118 Å². The molecule has 56 heavy (non-hydrogen) atoms. The van der Waals surface area contributed by atoms with E-state index in [1.807, 2.05) is 72.8 Å². The molecule has 0 atom stereocenters. The van der Waals surface area contributed by atoms with Gasteiger partial charge in [0.1, 0.15) is 0 Å². The molecule has 7 aromatic rings. The van der Waals surface area contributed by atoms with Crippen LogP contribution in [0.2, 0.25) is 0 Å². The van der Waals surface area contributed by atoms with E-state index in [-0.39, 0.29) is 26.4 Å². The van der Waals surface area contributed by atoms with Crippen molar-refractivity contribution in [2.75, 3.05) is 0 Å². The molecule has 1 fully saturated rings. The third-order valence-corrected chi connectivity index (χ3v) is 10.8. The molecule has 0 spiro atoms. The molecule has 8 heteroatoms. The van der Waals surface area contributed by atoms with Gasteiger partial charge in [0.25, 0.3) is 0 Å². The van der Waals surface area contributed by atoms with E-state index in [1.165, 1.54) is 0 Å². The Kier molecular flexibility index (Phi) is 9.46. The minimum atomic E-state index is -0.0768. The van der Waals surface area contributed by atoms with Crippen molar-refractivity contribution in [2.45, 2.75) is 39.3 Å². The van der Waals surface area contributed by atoms with E-state index >= 15 is 0 Å². The SMILES string of the molecule is OCc1cccc(/C2=C3\CC/C(=C(\c4cccc(CO)c4)c4ccc([nH]4)/C(c4cccc(CO)c4)=c4/cc/c([nH]4)=C(\c4cccc(CO)c4)c4ccc2[nH]4)N3)c1. The van der Waals surface area contributed by atoms with Crippen LogP contribution in [-0.2, 0) is 26.4 Å². The molecule has 0 unspecified atom stereocenters. The minimum absolute atomic E-state index is 0.0664. The molecule has 5 heterocycles. The predicted molar refractivity (Wildman–Crippen MR) is 219 cm³/mol. The second kappa shape index (κ2) is 15.0. The van der Waals surface area contributed by atoms with Crippen molar-refractivity contribution in [2.24, 2.45) is 0 Å². The van der Waals surface area contributed by atoms with Crippen LogP contribution in [0.4, 0.5) is 0 Å². The first kappa shape index (κ1) is 35.3. The number of rotatable bonds is 8. The maximum absolute atomic E-state index is 10.2. The topological polar surface area (TPSA) is 140 Å². The zero-order valence-corrected chi connectivity index (χ0v) is 30.7. The zero-order chi connectivity index (χ0) is 38.2. The number of aliphatic hydroxyl groups excluding tert-OH is 4. The Bertz CT molecular complexity index is 2610. The maximum Gasteiger partial charge on any atom is 0.0682 e. The maximum atomic E-state index is 10.2. The number of aliphatic hydroxyl groups is 4. The van der Waals surface area contributed by atoms with Crippen LogP contribution >= 0.6 is 0 Å². The quantitative estimate of drug-likeness (QED) is 0.0960. The first-order chi connectivity index (χ1) is 27.5. The van der Waals surface area contributed by atoms with Gasteiger partial charge in [0.15, 0.2) is 0 Å². The van der Waals surface area contributed by atoms with Gasteiger partial charge >= 0.3 is 0 Å². The van der Waals surface area contributed by atoms with E-state index in [4.69, 9.17) is 0 Å². The third-order valence-electron chi connectivity index (χ3n) is 10.8. The second-order valence-electron chi connectivity index (χ2n) is 14.4. The van der Waals surface area contributed by atoms with Gasteiger partial charge < -0.3 is 40.7 Å². The van der Waals surface area contributed by atoms with Crippen molar-refractivity contribution in [3.05, 3.63) is 223 Å². The summed E-state index contributed by atoms with van der Waals surface area (Å²) < 4.78 is 0. The normalized spacial score (nSPS) is 18.6. The van der Waals surface area contributed by atoms with Crippen molar-refractivity contribution in [1.82, 2.24) is 20.3 Å². The molecule has 278 valence electrons. The van der Waals surface area contributed by atoms with Crippen molar-refractivity contribution >= 4 is 22.3 Å². The lowest BCUT2D eigenvalue weighted by atomic mass is 9.97. The Labute approximate surface area is 324 Å². The fraction of sp³-hybridized carbons (Fsp3) is 0.125. The summed E-state index contributed by atoms with van der Waals surface area (Å²) in [7, 11) is 0. The number of aromatic amines is 3. The summed E-state index contributed by atoms with van der Waals surface area (Å²) in [6.45, 7) is -0.286. The van der Waals surface area contributed by atoms with Crippen LogP contribution in [0.3, 0.4) is 0 Å². The molecular formula is C48H42N4O4. The Morgan fingerprint density at radius 1 is 0.357 bits per heavy atom. The standard InChI is InChI=1S/C48H42N4O4/c53-25-29-5-1-9-33(21-29)45-37-13-15-39(49-37)46(34-10-2-6-30(22-34)26-54)41-17-19-43(51-41)48(36-12-4-8-32(24-36)28-56)44-20-18-42(52-44)47(40-16-14-38(45)50-40)35-11-3-7-31(23-35)27-55/h1-17,19,21-24,49-56H,18,20,25-28H2/b45-37-,46-39-,47-42-,48-44-. The van der Waals surface area contributed by atoms with Crippen molar-refractivity contribution < 1.29 is 20.4 Å². The highest BCUT2D eigenvalue weighted by Crippen LogP contribution is 2.38. The summed E-state index contributed by atoms with van der Waals surface area (Å²) in [6.07, 6.45) is 1.50. The van der Waals surface area contributed by atoms with Crippen LogP contribution in [0.25, 0.3) is 22.3 Å². The molecule has 2 aliphatic rings. The number of benzene rings is 4. The monoisotopic (exact) mass is 738 g/mol. The zero-order valence-electron chi connectivity index (χ0n) is 30.7. The van der Waals surface area contributed by atoms with Gasteiger partial charge in [0.05, 0.1) is 26.4 Å². The summed E-state index contributed by atoms with van der Waals surface area (Å²) >= 11 is 0. The molecule has 2 aliphatic heterocycles. The van der Waals surface area contributed by atoms with Crippen LogP contribution in [0, 0.1) is 0 Å². The first-order valence-electron chi connectivity index (χ1n) is 18.9. The summed E-state index contributed by atoms with van der Waals surface area (Å²) in [6, 6.07) is 44.7. The predicted octanol–water partition coefficient (Wildman–Crippen LogP) is 6.05. The van der Waals surface area contributed by atoms with Crippen LogP contribution in [0.5, 0.6) is 0 Å². The van der Waals surface area contributed by atoms with Gasteiger partial charge in [0.2, 0.25) is 0 Å². The fourth-order valence-corrected chi connectivity index (χ4v) is 8.19. The molecule has 8 N–H and O–H groups in total. The lowest BCUT2D eigenvalue weighted by Gasteiger charge is -2.16. The number of H-pyrrole nitrogens is 3. The smallest absolute Gasteiger partial charge is 0.0682 e. The Balaban J connectivity index is 1.39. The second-order valence-corrected chi connectivity index (χ2v) is 14.4. The molecular weight excluding hydrogens is 697 g/mol. The van der Waals surface area contributed by atoms with Crippen LogP contribution in [0.1, 0.15) is 80.1 Å². The number of hydrogen-bond acceptors (Lipinski definition) is 5. The van der Waals surface area contributed by atoms with Crippen LogP contribution in [0.15, 0.2) is 145 Å². The Hall–Kier alpha value is -6.42. The molecule has 8 nitrogen and oxygen atoms in total. The van der Waals surface area contributed by atoms with Gasteiger partial charge in [0, 0.05) is 67.2 Å². The number of allylic oxidation sites excluding steroid dienone is 2. The van der Waals surface area contributed by atoms with E-state index in [0.29, 0.717) is 0 Å². The molecule has 1 saturated heterocycles. The number of fused-ring (bicyclic) bond motifs is 8. The fourth-order valence-electron chi connectivity index (χ4n) is 8.19. The molecule has 0 aliphatic carbocycles. The average molecular weight is 739 g/mol. The minimum Gasteiger partial charge on any atom is -0.392 e. The average Bonchev–Trinajstić information content (AvgIpc) is 4.09. The van der Waals surface area contributed by atoms with Gasteiger partial charge in [-0.3, -0.25) is 0 Å². The van der Waals surface area contributed by atoms with Gasteiger partial charge in [-0.1, -0.05) is 72.8 Å². The first-order valence-corrected chi connectivity index (χ1v) is 18.9. The largest absolute Gasteiger partial charge is 0.392 e. The Morgan fingerprint density at radius 3 is 1.02 bits per heavy atom. The molecule has 8 bridgehead atoms. The van der Waals surface area contributed by atoms with Crippen molar-refractivity contribution in [1.29, 1.82) is 0 Å². The highest BCUT2D eigenvalue weighted by Gasteiger charge is 2.26. The number of nitrogens with one attached hydrogen (secondary N) is 4. The summed E-state index contributed by atoms with van der Waals surface area (Å²) in [5, 5.41) is 46.3. The van der Waals surface area contributed by atoms with E-state index < -0.39 is 0 Å². The number of hydrogen-bond donors (Lipinski definition) is 8. The molecule has 9 rings (SSSR count). The molecule has 0 amide bonds. The Morgan fingerprint density at radius 2 is 0.679 bits per heavy atom. The highest BCUT2D eigenvalue weighted by molar-refractivity contribution is 5.88. The third kappa shape index (κ3) is 6.55. The lowest BCUT2D eigenvalue weighted by molar-refractivity contribution is 0.281. The van der Waals surface area contributed by atoms with Crippen LogP contribution in [-0.4, -0.2) is 35.4 Å². The summed E-state index contributed by atoms with van der Waals surface area (Å²) in [5.41, 5.74) is 16.8. The molecule has 0 radical (unpaired) electrons. The van der Waals surface area contributed by atoms with E-state index in [0.717, 1.165) is 125 Å². The highest BCUT2D eigenvalue weighted by atomic mass is 16.3. The lowest BCUT2D eigenvalue weighted by Crippen LogP contribution is -2.18. The van der Waals surface area contributed by atoms with Crippen molar-refractivity contribution in [3.8, 4) is 0 Å². The van der Waals surface area contributed by atoms with Crippen molar-refractivity contribution in [3.63, 3.8) is 0 Å². The molecule has 4 aromatic carbocycles. The molecule has 3 aromatic heterocycles. The van der Waals surface area contributed by atoms with Gasteiger partial charge in [-0.2, -0.15) is 0 Å². The van der Waals surface area contributed by atoms with E-state index in [2.05, 4.69) is 80.9 Å². The van der Waals surface area contributed by atoms with E-state index in [1.54, 1.807) is 0 Å². The van der Waals surface area contributed by atoms with Gasteiger partial charge in [-0.15, -0.1) is 0 Å².